The van der Waals surface area contributed by atoms with Crippen molar-refractivity contribution in [2.24, 2.45) is 5.14 Å². The highest BCUT2D eigenvalue weighted by atomic mass is 32.2. The molecule has 0 aliphatic carbocycles. The highest BCUT2D eigenvalue weighted by Gasteiger charge is 2.19. The lowest BCUT2D eigenvalue weighted by atomic mass is 10.1. The van der Waals surface area contributed by atoms with Gasteiger partial charge in [-0.15, -0.1) is 11.3 Å². The van der Waals surface area contributed by atoms with E-state index in [1.54, 1.807) is 23.5 Å². The van der Waals surface area contributed by atoms with Crippen LogP contribution in [0.25, 0.3) is 0 Å². The molecule has 114 valence electrons. The summed E-state index contributed by atoms with van der Waals surface area (Å²) in [5, 5.41) is 7.23. The minimum Gasteiger partial charge on any atom is -0.396 e. The maximum Gasteiger partial charge on any atom is 0.240 e. The number of hydrogen-bond donors (Lipinski definition) is 2. The fourth-order valence-corrected chi connectivity index (χ4v) is 3.69. The van der Waals surface area contributed by atoms with Gasteiger partial charge in [-0.25, -0.2) is 13.6 Å². The lowest BCUT2D eigenvalue weighted by molar-refractivity contribution is 0.598. The van der Waals surface area contributed by atoms with Gasteiger partial charge in [-0.3, -0.25) is 0 Å². The van der Waals surface area contributed by atoms with Gasteiger partial charge in [-0.1, -0.05) is 12.1 Å². The topological polar surface area (TPSA) is 89.4 Å². The monoisotopic (exact) mass is 325 g/mol. The average Bonchev–Trinajstić information content (AvgIpc) is 2.89. The molecule has 21 heavy (non-hydrogen) atoms. The summed E-state index contributed by atoms with van der Waals surface area (Å²) in [5.74, 6) is 0. The summed E-state index contributed by atoms with van der Waals surface area (Å²) < 4.78 is 23.1. The molecule has 0 aliphatic heterocycles. The number of anilines is 2. The van der Waals surface area contributed by atoms with Crippen molar-refractivity contribution < 1.29 is 8.42 Å². The third kappa shape index (κ3) is 3.55. The van der Waals surface area contributed by atoms with Crippen LogP contribution in [-0.4, -0.2) is 21.5 Å². The summed E-state index contributed by atoms with van der Waals surface area (Å²) in [7, 11) is -1.92. The maximum atomic E-state index is 11.5. The lowest BCUT2D eigenvalue weighted by Crippen LogP contribution is -2.31. The zero-order chi connectivity index (χ0) is 15.6. The van der Waals surface area contributed by atoms with E-state index in [1.807, 2.05) is 23.4 Å². The molecule has 1 aromatic carbocycles. The Morgan fingerprint density at radius 2 is 2.00 bits per heavy atom. The summed E-state index contributed by atoms with van der Waals surface area (Å²) in [6.07, 6.45) is 0.868. The number of benzene rings is 1. The van der Waals surface area contributed by atoms with E-state index in [-0.39, 0.29) is 16.6 Å². The molecular weight excluding hydrogens is 306 g/mol. The molecule has 0 fully saturated rings. The fourth-order valence-electron chi connectivity index (χ4n) is 2.18. The molecule has 4 N–H and O–H groups in total. The minimum absolute atomic E-state index is 0.0322. The van der Waals surface area contributed by atoms with E-state index in [2.05, 4.69) is 13.0 Å². The van der Waals surface area contributed by atoms with E-state index in [9.17, 15) is 8.42 Å². The van der Waals surface area contributed by atoms with Gasteiger partial charge in [0.15, 0.2) is 0 Å². The van der Waals surface area contributed by atoms with Gasteiger partial charge in [-0.05, 0) is 30.5 Å². The number of nitrogens with two attached hydrogens (primary N) is 2. The molecule has 1 aromatic heterocycles. The Morgan fingerprint density at radius 3 is 2.57 bits per heavy atom. The van der Waals surface area contributed by atoms with Gasteiger partial charge >= 0.3 is 0 Å². The largest absolute Gasteiger partial charge is 0.396 e. The molecule has 2 rings (SSSR count). The van der Waals surface area contributed by atoms with Crippen molar-refractivity contribution in [1.29, 1.82) is 0 Å². The highest BCUT2D eigenvalue weighted by Crippen LogP contribution is 2.30. The summed E-state index contributed by atoms with van der Waals surface area (Å²) in [6.45, 7) is 2.07. The Bertz CT molecular complexity index is 712. The summed E-state index contributed by atoms with van der Waals surface area (Å²) in [5.41, 5.74) is 6.85. The van der Waals surface area contributed by atoms with E-state index < -0.39 is 10.0 Å². The van der Waals surface area contributed by atoms with Crippen molar-refractivity contribution in [3.8, 4) is 0 Å². The summed E-state index contributed by atoms with van der Waals surface area (Å²) in [6, 6.07) is 9.16. The maximum absolute atomic E-state index is 11.5. The highest BCUT2D eigenvalue weighted by molar-refractivity contribution is 7.89. The first-order chi connectivity index (χ1) is 9.80. The first kappa shape index (κ1) is 15.8. The first-order valence-electron chi connectivity index (χ1n) is 6.47. The van der Waals surface area contributed by atoms with Crippen LogP contribution in [0.1, 0.15) is 11.8 Å². The van der Waals surface area contributed by atoms with E-state index >= 15 is 0 Å². The molecule has 0 saturated carbocycles. The Labute approximate surface area is 129 Å². The van der Waals surface area contributed by atoms with Crippen molar-refractivity contribution in [1.82, 2.24) is 0 Å². The number of hydrogen-bond acceptors (Lipinski definition) is 5. The van der Waals surface area contributed by atoms with Crippen molar-refractivity contribution in [2.45, 2.75) is 24.3 Å². The molecule has 5 nitrogen and oxygen atoms in total. The van der Waals surface area contributed by atoms with Crippen LogP contribution in [0, 0.1) is 0 Å². The number of nitrogen functional groups attached to an aromatic ring is 1. The number of rotatable bonds is 5. The number of thiophene rings is 1. The normalized spacial score (nSPS) is 13.1. The average molecular weight is 325 g/mol. The number of primary sulfonamides is 1. The van der Waals surface area contributed by atoms with E-state index in [0.717, 1.165) is 6.42 Å². The predicted molar refractivity (Wildman–Crippen MR) is 88.1 cm³/mol. The number of sulfonamides is 1. The molecule has 0 radical (unpaired) electrons. The smallest absolute Gasteiger partial charge is 0.240 e. The van der Waals surface area contributed by atoms with Crippen LogP contribution in [0.3, 0.4) is 0 Å². The molecule has 1 unspecified atom stereocenters. The predicted octanol–water partition coefficient (Wildman–Crippen LogP) is 2.05. The molecule has 2 aromatic rings. The molecule has 0 bridgehead atoms. The SMILES string of the molecule is CC(Cc1cccs1)N(C)c1cccc(S(N)(=O)=O)c1N. The minimum atomic E-state index is -3.81. The van der Waals surface area contributed by atoms with Gasteiger partial charge in [0.25, 0.3) is 0 Å². The van der Waals surface area contributed by atoms with Gasteiger partial charge in [0.2, 0.25) is 10.0 Å². The van der Waals surface area contributed by atoms with E-state index in [1.165, 1.54) is 10.9 Å². The third-order valence-corrected chi connectivity index (χ3v) is 5.34. The molecular formula is C14H19N3O2S2. The Balaban J connectivity index is 2.29. The van der Waals surface area contributed by atoms with Gasteiger partial charge in [0, 0.05) is 24.4 Å². The second kappa shape index (κ2) is 6.05. The molecule has 0 aliphatic rings. The van der Waals surface area contributed by atoms with Crippen LogP contribution in [-0.2, 0) is 16.4 Å². The molecule has 1 atom stereocenters. The quantitative estimate of drug-likeness (QED) is 0.823. The second-order valence-corrected chi connectivity index (χ2v) is 7.54. The van der Waals surface area contributed by atoms with Crippen LogP contribution in [0.4, 0.5) is 11.4 Å². The van der Waals surface area contributed by atoms with Crippen LogP contribution >= 0.6 is 11.3 Å². The van der Waals surface area contributed by atoms with Crippen molar-refractivity contribution >= 4 is 32.7 Å². The lowest BCUT2D eigenvalue weighted by Gasteiger charge is -2.28. The first-order valence-corrected chi connectivity index (χ1v) is 8.90. The second-order valence-electron chi connectivity index (χ2n) is 4.98. The van der Waals surface area contributed by atoms with Crippen LogP contribution < -0.4 is 15.8 Å². The van der Waals surface area contributed by atoms with Crippen LogP contribution in [0.2, 0.25) is 0 Å². The zero-order valence-electron chi connectivity index (χ0n) is 12.0. The summed E-state index contributed by atoms with van der Waals surface area (Å²) in [4.78, 5) is 3.22. The van der Waals surface area contributed by atoms with Crippen LogP contribution in [0.15, 0.2) is 40.6 Å². The molecule has 1 heterocycles. The molecule has 0 amide bonds. The van der Waals surface area contributed by atoms with E-state index in [0.29, 0.717) is 5.69 Å². The Hall–Kier alpha value is -1.57. The van der Waals surface area contributed by atoms with Gasteiger partial charge in [0.1, 0.15) is 4.90 Å². The van der Waals surface area contributed by atoms with E-state index in [4.69, 9.17) is 10.9 Å². The Kier molecular flexibility index (Phi) is 4.55. The van der Waals surface area contributed by atoms with Crippen molar-refractivity contribution in [3.63, 3.8) is 0 Å². The fraction of sp³-hybridized carbons (Fsp3) is 0.286. The number of para-hydroxylation sites is 1. The standard InChI is InChI=1S/C14H19N3O2S2/c1-10(9-11-5-4-8-20-11)17(2)12-6-3-7-13(14(12)15)21(16,18)19/h3-8,10H,9,15H2,1-2H3,(H2,16,18,19). The molecule has 7 heteroatoms. The third-order valence-electron chi connectivity index (χ3n) is 3.47. The van der Waals surface area contributed by atoms with Crippen molar-refractivity contribution in [2.75, 3.05) is 17.7 Å². The van der Waals surface area contributed by atoms with Crippen molar-refractivity contribution in [3.05, 3.63) is 40.6 Å². The van der Waals surface area contributed by atoms with Gasteiger partial charge < -0.3 is 10.6 Å². The zero-order valence-corrected chi connectivity index (χ0v) is 13.6. The molecule has 0 saturated heterocycles. The van der Waals surface area contributed by atoms with Gasteiger partial charge in [-0.2, -0.15) is 0 Å². The van der Waals surface area contributed by atoms with Crippen LogP contribution in [0.5, 0.6) is 0 Å². The number of likely N-dealkylation sites (N-methyl/N-ethyl adjacent to an activating group) is 1. The molecule has 0 spiro atoms. The van der Waals surface area contributed by atoms with Gasteiger partial charge in [0.05, 0.1) is 11.4 Å². The summed E-state index contributed by atoms with van der Waals surface area (Å²) >= 11 is 1.70. The Morgan fingerprint density at radius 1 is 1.29 bits per heavy atom. The number of nitrogens with zero attached hydrogens (tertiary/aromatic N) is 1.